The highest BCUT2D eigenvalue weighted by molar-refractivity contribution is 8.00. The second-order valence-electron chi connectivity index (χ2n) is 3.98. The summed E-state index contributed by atoms with van der Waals surface area (Å²) in [6, 6.07) is 11.4. The third-order valence-electron chi connectivity index (χ3n) is 2.63. The SMILES string of the molecule is NNC(=O)c1ccc(CSc2nc3ccccc3s2)o1. The first kappa shape index (κ1) is 13.2. The number of hydrogen-bond acceptors (Lipinski definition) is 6. The molecule has 102 valence electrons. The van der Waals surface area contributed by atoms with Crippen LogP contribution in [0, 0.1) is 0 Å². The topological polar surface area (TPSA) is 81.1 Å². The number of nitrogens with one attached hydrogen (secondary N) is 1. The van der Waals surface area contributed by atoms with E-state index in [0.29, 0.717) is 11.5 Å². The average molecular weight is 305 g/mol. The summed E-state index contributed by atoms with van der Waals surface area (Å²) in [5, 5.41) is 0. The molecule has 20 heavy (non-hydrogen) atoms. The first-order valence-electron chi connectivity index (χ1n) is 5.84. The molecule has 0 spiro atoms. The van der Waals surface area contributed by atoms with Crippen molar-refractivity contribution in [3.8, 4) is 0 Å². The van der Waals surface area contributed by atoms with E-state index in [1.165, 1.54) is 0 Å². The number of thioether (sulfide) groups is 1. The van der Waals surface area contributed by atoms with Gasteiger partial charge in [0.25, 0.3) is 0 Å². The van der Waals surface area contributed by atoms with Crippen LogP contribution in [0.15, 0.2) is 45.2 Å². The fourth-order valence-corrected chi connectivity index (χ4v) is 3.66. The molecule has 3 N–H and O–H groups in total. The molecule has 0 atom stereocenters. The van der Waals surface area contributed by atoms with E-state index in [1.54, 1.807) is 35.2 Å². The van der Waals surface area contributed by atoms with Crippen molar-refractivity contribution in [2.45, 2.75) is 10.1 Å². The molecule has 5 nitrogen and oxygen atoms in total. The van der Waals surface area contributed by atoms with Gasteiger partial charge in [0.1, 0.15) is 5.76 Å². The average Bonchev–Trinajstić information content (AvgIpc) is 3.10. The van der Waals surface area contributed by atoms with Crippen molar-refractivity contribution in [2.24, 2.45) is 5.84 Å². The molecular weight excluding hydrogens is 294 g/mol. The Morgan fingerprint density at radius 1 is 1.35 bits per heavy atom. The number of fused-ring (bicyclic) bond motifs is 1. The van der Waals surface area contributed by atoms with E-state index in [9.17, 15) is 4.79 Å². The zero-order chi connectivity index (χ0) is 13.9. The van der Waals surface area contributed by atoms with Crippen molar-refractivity contribution in [1.29, 1.82) is 0 Å². The van der Waals surface area contributed by atoms with Crippen LogP contribution in [0.3, 0.4) is 0 Å². The summed E-state index contributed by atoms with van der Waals surface area (Å²) < 4.78 is 7.54. The number of carbonyl (C=O) groups excluding carboxylic acids is 1. The van der Waals surface area contributed by atoms with Crippen LogP contribution in [-0.2, 0) is 5.75 Å². The summed E-state index contributed by atoms with van der Waals surface area (Å²) in [5.41, 5.74) is 3.04. The Morgan fingerprint density at radius 3 is 3.00 bits per heavy atom. The Kier molecular flexibility index (Phi) is 3.72. The van der Waals surface area contributed by atoms with Crippen molar-refractivity contribution in [1.82, 2.24) is 10.4 Å². The molecule has 2 aromatic heterocycles. The van der Waals surface area contributed by atoms with Crippen molar-refractivity contribution >= 4 is 39.2 Å². The second kappa shape index (κ2) is 5.66. The fourth-order valence-electron chi connectivity index (χ4n) is 1.69. The predicted octanol–water partition coefficient (Wildman–Crippen LogP) is 2.79. The molecular formula is C13H11N3O2S2. The van der Waals surface area contributed by atoms with Gasteiger partial charge >= 0.3 is 5.91 Å². The maximum absolute atomic E-state index is 11.3. The molecule has 3 aromatic rings. The van der Waals surface area contributed by atoms with E-state index in [0.717, 1.165) is 14.6 Å². The zero-order valence-corrected chi connectivity index (χ0v) is 12.0. The summed E-state index contributed by atoms with van der Waals surface area (Å²) in [5.74, 6) is 6.17. The van der Waals surface area contributed by atoms with Crippen LogP contribution in [0.2, 0.25) is 0 Å². The highest BCUT2D eigenvalue weighted by Gasteiger charge is 2.10. The molecule has 0 unspecified atom stereocenters. The molecule has 0 saturated carbocycles. The van der Waals surface area contributed by atoms with E-state index >= 15 is 0 Å². The van der Waals surface area contributed by atoms with Crippen LogP contribution in [0.25, 0.3) is 10.2 Å². The molecule has 2 heterocycles. The first-order chi connectivity index (χ1) is 9.76. The number of carbonyl (C=O) groups is 1. The molecule has 0 aliphatic carbocycles. The van der Waals surface area contributed by atoms with Gasteiger partial charge in [0.15, 0.2) is 10.1 Å². The molecule has 0 radical (unpaired) electrons. The minimum atomic E-state index is -0.429. The predicted molar refractivity (Wildman–Crippen MR) is 79.5 cm³/mol. The third-order valence-corrected chi connectivity index (χ3v) is 4.83. The largest absolute Gasteiger partial charge is 0.455 e. The number of para-hydroxylation sites is 1. The van der Waals surface area contributed by atoms with Crippen LogP contribution in [-0.4, -0.2) is 10.9 Å². The van der Waals surface area contributed by atoms with Crippen LogP contribution in [0.4, 0.5) is 0 Å². The van der Waals surface area contributed by atoms with E-state index in [1.807, 2.05) is 29.7 Å². The molecule has 3 rings (SSSR count). The third kappa shape index (κ3) is 2.69. The maximum Gasteiger partial charge on any atom is 0.300 e. The van der Waals surface area contributed by atoms with Crippen molar-refractivity contribution in [3.05, 3.63) is 47.9 Å². The Labute approximate surface area is 123 Å². The normalized spacial score (nSPS) is 10.8. The van der Waals surface area contributed by atoms with Crippen LogP contribution in [0.1, 0.15) is 16.3 Å². The number of hydrogen-bond donors (Lipinski definition) is 2. The van der Waals surface area contributed by atoms with Gasteiger partial charge in [0, 0.05) is 0 Å². The quantitative estimate of drug-likeness (QED) is 0.335. The van der Waals surface area contributed by atoms with E-state index in [-0.39, 0.29) is 5.76 Å². The number of furan rings is 1. The number of nitrogens with two attached hydrogens (primary N) is 1. The number of thiazole rings is 1. The van der Waals surface area contributed by atoms with Gasteiger partial charge < -0.3 is 4.42 Å². The molecule has 0 fully saturated rings. The molecule has 0 saturated heterocycles. The molecule has 7 heteroatoms. The van der Waals surface area contributed by atoms with E-state index in [2.05, 4.69) is 4.98 Å². The molecule has 1 aromatic carbocycles. The Bertz CT molecular complexity index is 718. The standard InChI is InChI=1S/C13H11N3O2S2/c14-16-12(17)10-6-5-8(18-10)7-19-13-15-9-3-1-2-4-11(9)20-13/h1-6H,7,14H2,(H,16,17). The van der Waals surface area contributed by atoms with Gasteiger partial charge in [-0.2, -0.15) is 0 Å². The van der Waals surface area contributed by atoms with Gasteiger partial charge in [-0.05, 0) is 24.3 Å². The fraction of sp³-hybridized carbons (Fsp3) is 0.0769. The Morgan fingerprint density at radius 2 is 2.20 bits per heavy atom. The van der Waals surface area contributed by atoms with Gasteiger partial charge in [0.2, 0.25) is 0 Å². The molecule has 0 aliphatic heterocycles. The molecule has 1 amide bonds. The number of rotatable bonds is 4. The monoisotopic (exact) mass is 305 g/mol. The van der Waals surface area contributed by atoms with Crippen LogP contribution in [0.5, 0.6) is 0 Å². The van der Waals surface area contributed by atoms with Crippen LogP contribution < -0.4 is 11.3 Å². The summed E-state index contributed by atoms with van der Waals surface area (Å²) >= 11 is 3.23. The lowest BCUT2D eigenvalue weighted by atomic mass is 10.3. The van der Waals surface area contributed by atoms with Gasteiger partial charge in [-0.3, -0.25) is 10.2 Å². The Hall–Kier alpha value is -1.83. The number of nitrogen functional groups attached to an aromatic ring is 1. The molecule has 0 aliphatic rings. The maximum atomic E-state index is 11.3. The number of aromatic nitrogens is 1. The number of amides is 1. The van der Waals surface area contributed by atoms with E-state index in [4.69, 9.17) is 10.3 Å². The van der Waals surface area contributed by atoms with Crippen molar-refractivity contribution < 1.29 is 9.21 Å². The van der Waals surface area contributed by atoms with Gasteiger partial charge in [-0.15, -0.1) is 11.3 Å². The van der Waals surface area contributed by atoms with Crippen LogP contribution >= 0.6 is 23.1 Å². The Balaban J connectivity index is 1.69. The van der Waals surface area contributed by atoms with E-state index < -0.39 is 5.91 Å². The lowest BCUT2D eigenvalue weighted by molar-refractivity contribution is 0.0924. The summed E-state index contributed by atoms with van der Waals surface area (Å²) in [6.45, 7) is 0. The molecule has 0 bridgehead atoms. The minimum Gasteiger partial charge on any atom is -0.455 e. The first-order valence-corrected chi connectivity index (χ1v) is 7.64. The minimum absolute atomic E-state index is 0.215. The van der Waals surface area contributed by atoms with Crippen molar-refractivity contribution in [3.63, 3.8) is 0 Å². The number of nitrogens with zero attached hydrogens (tertiary/aromatic N) is 1. The highest BCUT2D eigenvalue weighted by Crippen LogP contribution is 2.31. The van der Waals surface area contributed by atoms with Gasteiger partial charge in [0.05, 0.1) is 16.0 Å². The lowest BCUT2D eigenvalue weighted by Gasteiger charge is -1.95. The summed E-state index contributed by atoms with van der Waals surface area (Å²) in [4.78, 5) is 15.8. The smallest absolute Gasteiger partial charge is 0.300 e. The van der Waals surface area contributed by atoms with Crippen molar-refractivity contribution in [2.75, 3.05) is 0 Å². The zero-order valence-electron chi connectivity index (χ0n) is 10.3. The summed E-state index contributed by atoms with van der Waals surface area (Å²) in [7, 11) is 0. The number of hydrazine groups is 1. The highest BCUT2D eigenvalue weighted by atomic mass is 32.2. The summed E-state index contributed by atoms with van der Waals surface area (Å²) in [6.07, 6.45) is 0. The van der Waals surface area contributed by atoms with Gasteiger partial charge in [-0.25, -0.2) is 10.8 Å². The number of benzene rings is 1. The lowest BCUT2D eigenvalue weighted by Crippen LogP contribution is -2.29. The second-order valence-corrected chi connectivity index (χ2v) is 6.23. The van der Waals surface area contributed by atoms with Gasteiger partial charge in [-0.1, -0.05) is 23.9 Å².